The van der Waals surface area contributed by atoms with Gasteiger partial charge in [-0.1, -0.05) is 12.1 Å². The Kier molecular flexibility index (Phi) is 4.73. The average Bonchev–Trinajstić information content (AvgIpc) is 3.39. The van der Waals surface area contributed by atoms with Crippen molar-refractivity contribution in [2.75, 3.05) is 6.54 Å². The molecule has 6 nitrogen and oxygen atoms in total. The van der Waals surface area contributed by atoms with Crippen molar-refractivity contribution in [2.45, 2.75) is 32.0 Å². The molecule has 0 unspecified atom stereocenters. The lowest BCUT2D eigenvalue weighted by Crippen LogP contribution is -2.36. The summed E-state index contributed by atoms with van der Waals surface area (Å²) in [6, 6.07) is 13.8. The Hall–Kier alpha value is -3.61. The molecule has 5 rings (SSSR count). The molecule has 31 heavy (non-hydrogen) atoms. The number of nitrogens with zero attached hydrogens (tertiary/aromatic N) is 3. The van der Waals surface area contributed by atoms with Crippen molar-refractivity contribution in [1.29, 1.82) is 0 Å². The van der Waals surface area contributed by atoms with Gasteiger partial charge in [0.15, 0.2) is 0 Å². The maximum atomic E-state index is 13.2. The topological polar surface area (TPSA) is 67.5 Å². The lowest BCUT2D eigenvalue weighted by molar-refractivity contribution is 0.136. The quantitative estimate of drug-likeness (QED) is 0.537. The number of amides is 1. The predicted molar refractivity (Wildman–Crippen MR) is 117 cm³/mol. The van der Waals surface area contributed by atoms with E-state index in [4.69, 9.17) is 0 Å². The van der Waals surface area contributed by atoms with Gasteiger partial charge in [-0.3, -0.25) is 4.79 Å². The van der Waals surface area contributed by atoms with Gasteiger partial charge in [0.05, 0.1) is 12.6 Å². The standard InChI is InChI=1S/C24H22FN3O3/c25-17-5-3-16(4-6-17)14-27-13-9-19-20-10-12-26(22(20)8-7-21(19)23(27)29)15-18-2-1-11-28(18)24(30)31/h3-10,12-13,18H,1-2,11,14-15H2,(H,30,31)/t18-/m0/s1. The summed E-state index contributed by atoms with van der Waals surface area (Å²) in [6.07, 6.45) is 4.60. The molecule has 1 atom stereocenters. The van der Waals surface area contributed by atoms with Crippen LogP contribution in [-0.2, 0) is 13.1 Å². The van der Waals surface area contributed by atoms with Crippen molar-refractivity contribution in [2.24, 2.45) is 0 Å². The average molecular weight is 419 g/mol. The minimum atomic E-state index is -0.869. The molecule has 0 spiro atoms. The van der Waals surface area contributed by atoms with E-state index in [0.29, 0.717) is 25.0 Å². The van der Waals surface area contributed by atoms with Crippen LogP contribution in [0.15, 0.2) is 65.7 Å². The van der Waals surface area contributed by atoms with Gasteiger partial charge in [0.1, 0.15) is 5.82 Å². The van der Waals surface area contributed by atoms with Crippen LogP contribution < -0.4 is 5.56 Å². The zero-order valence-electron chi connectivity index (χ0n) is 16.9. The van der Waals surface area contributed by atoms with Crippen molar-refractivity contribution >= 4 is 27.8 Å². The van der Waals surface area contributed by atoms with Crippen LogP contribution in [0, 0.1) is 5.82 Å². The lowest BCUT2D eigenvalue weighted by Gasteiger charge is -2.22. The molecule has 3 heterocycles. The van der Waals surface area contributed by atoms with Crippen LogP contribution in [0.5, 0.6) is 0 Å². The first-order valence-corrected chi connectivity index (χ1v) is 10.4. The predicted octanol–water partition coefficient (Wildman–Crippen LogP) is 4.29. The number of rotatable bonds is 4. The number of hydrogen-bond acceptors (Lipinski definition) is 2. The number of benzene rings is 2. The fraction of sp³-hybridized carbons (Fsp3) is 0.250. The van der Waals surface area contributed by atoms with Crippen molar-refractivity contribution in [3.8, 4) is 0 Å². The van der Waals surface area contributed by atoms with Crippen LogP contribution in [0.1, 0.15) is 18.4 Å². The molecule has 1 amide bonds. The highest BCUT2D eigenvalue weighted by Gasteiger charge is 2.28. The first-order chi connectivity index (χ1) is 15.0. The molecular weight excluding hydrogens is 397 g/mol. The Bertz CT molecular complexity index is 1340. The molecule has 0 aliphatic carbocycles. The molecule has 1 N–H and O–H groups in total. The zero-order valence-corrected chi connectivity index (χ0v) is 16.9. The van der Waals surface area contributed by atoms with Crippen LogP contribution >= 0.6 is 0 Å². The molecule has 2 aromatic heterocycles. The molecule has 4 aromatic rings. The van der Waals surface area contributed by atoms with Crippen LogP contribution in [0.2, 0.25) is 0 Å². The van der Waals surface area contributed by atoms with Crippen LogP contribution in [0.4, 0.5) is 9.18 Å². The first-order valence-electron chi connectivity index (χ1n) is 10.4. The van der Waals surface area contributed by atoms with Gasteiger partial charge in [0, 0.05) is 41.8 Å². The van der Waals surface area contributed by atoms with E-state index in [1.807, 2.05) is 30.5 Å². The van der Waals surface area contributed by atoms with E-state index < -0.39 is 6.09 Å². The summed E-state index contributed by atoms with van der Waals surface area (Å²) in [7, 11) is 0. The Morgan fingerprint density at radius 1 is 0.968 bits per heavy atom. The molecule has 1 aliphatic rings. The van der Waals surface area contributed by atoms with E-state index in [0.717, 1.165) is 34.7 Å². The van der Waals surface area contributed by atoms with Gasteiger partial charge in [-0.2, -0.15) is 0 Å². The molecule has 0 radical (unpaired) electrons. The normalized spacial score (nSPS) is 16.4. The van der Waals surface area contributed by atoms with E-state index in [9.17, 15) is 19.1 Å². The van der Waals surface area contributed by atoms with Crippen molar-refractivity contribution in [3.63, 3.8) is 0 Å². The smallest absolute Gasteiger partial charge is 0.407 e. The second kappa shape index (κ2) is 7.58. The highest BCUT2D eigenvalue weighted by Crippen LogP contribution is 2.27. The highest BCUT2D eigenvalue weighted by molar-refractivity contribution is 6.06. The van der Waals surface area contributed by atoms with Gasteiger partial charge >= 0.3 is 6.09 Å². The maximum absolute atomic E-state index is 13.2. The third-order valence-corrected chi connectivity index (χ3v) is 6.20. The van der Waals surface area contributed by atoms with Crippen LogP contribution in [-0.4, -0.2) is 37.8 Å². The van der Waals surface area contributed by atoms with Gasteiger partial charge < -0.3 is 19.1 Å². The molecule has 2 aromatic carbocycles. The van der Waals surface area contributed by atoms with Crippen molar-refractivity contribution < 1.29 is 14.3 Å². The van der Waals surface area contributed by atoms with Crippen LogP contribution in [0.3, 0.4) is 0 Å². The van der Waals surface area contributed by atoms with E-state index >= 15 is 0 Å². The summed E-state index contributed by atoms with van der Waals surface area (Å²) in [5.74, 6) is -0.300. The number of likely N-dealkylation sites (tertiary alicyclic amines) is 1. The lowest BCUT2D eigenvalue weighted by atomic mass is 10.1. The number of hydrogen-bond donors (Lipinski definition) is 1. The monoisotopic (exact) mass is 419 g/mol. The van der Waals surface area contributed by atoms with Gasteiger partial charge in [0.2, 0.25) is 0 Å². The van der Waals surface area contributed by atoms with Gasteiger partial charge in [-0.05, 0) is 60.2 Å². The van der Waals surface area contributed by atoms with E-state index in [1.165, 1.54) is 17.0 Å². The van der Waals surface area contributed by atoms with E-state index in [-0.39, 0.29) is 17.4 Å². The molecule has 0 bridgehead atoms. The molecule has 158 valence electrons. The largest absolute Gasteiger partial charge is 0.465 e. The molecule has 1 fully saturated rings. The SMILES string of the molecule is O=C(O)N1CCC[C@H]1Cn1ccc2c3ccn(Cc4ccc(F)cc4)c(=O)c3ccc21. The van der Waals surface area contributed by atoms with Gasteiger partial charge in [0.25, 0.3) is 5.56 Å². The third kappa shape index (κ3) is 3.46. The molecule has 7 heteroatoms. The summed E-state index contributed by atoms with van der Waals surface area (Å²) >= 11 is 0. The molecule has 1 saturated heterocycles. The molecule has 1 aliphatic heterocycles. The third-order valence-electron chi connectivity index (χ3n) is 6.20. The fourth-order valence-electron chi connectivity index (χ4n) is 4.62. The number of fused-ring (bicyclic) bond motifs is 3. The minimum absolute atomic E-state index is 0.0347. The van der Waals surface area contributed by atoms with Gasteiger partial charge in [-0.25, -0.2) is 9.18 Å². The van der Waals surface area contributed by atoms with Crippen molar-refractivity contribution in [1.82, 2.24) is 14.0 Å². The summed E-state index contributed by atoms with van der Waals surface area (Å²) in [6.45, 7) is 1.56. The molecular formula is C24H22FN3O3. The first kappa shape index (κ1) is 19.4. The Balaban J connectivity index is 1.49. The highest BCUT2D eigenvalue weighted by atomic mass is 19.1. The number of halogens is 1. The Labute approximate surface area is 177 Å². The number of pyridine rings is 1. The van der Waals surface area contributed by atoms with E-state index in [2.05, 4.69) is 4.57 Å². The number of carboxylic acid groups (broad SMARTS) is 1. The second-order valence-corrected chi connectivity index (χ2v) is 8.07. The summed E-state index contributed by atoms with van der Waals surface area (Å²) < 4.78 is 16.9. The summed E-state index contributed by atoms with van der Waals surface area (Å²) in [5.41, 5.74) is 1.75. The second-order valence-electron chi connectivity index (χ2n) is 8.07. The Morgan fingerprint density at radius 3 is 2.48 bits per heavy atom. The van der Waals surface area contributed by atoms with Crippen LogP contribution in [0.25, 0.3) is 21.7 Å². The zero-order chi connectivity index (χ0) is 21.5. The maximum Gasteiger partial charge on any atom is 0.407 e. The van der Waals surface area contributed by atoms with Crippen molar-refractivity contribution in [3.05, 3.63) is 82.7 Å². The molecule has 0 saturated carbocycles. The fourth-order valence-corrected chi connectivity index (χ4v) is 4.62. The number of carbonyl (C=O) groups is 1. The van der Waals surface area contributed by atoms with Gasteiger partial charge in [-0.15, -0.1) is 0 Å². The summed E-state index contributed by atoms with van der Waals surface area (Å²) in [4.78, 5) is 26.0. The van der Waals surface area contributed by atoms with E-state index in [1.54, 1.807) is 22.9 Å². The number of aromatic nitrogens is 2. The minimum Gasteiger partial charge on any atom is -0.465 e. The summed E-state index contributed by atoms with van der Waals surface area (Å²) in [5, 5.41) is 11.9. The Morgan fingerprint density at radius 2 is 1.71 bits per heavy atom.